The van der Waals surface area contributed by atoms with Crippen LogP contribution < -0.4 is 11.1 Å². The number of nitrogens with one attached hydrogen (secondary N) is 1. The molecule has 0 aromatic carbocycles. The molecule has 0 radical (unpaired) electrons. The van der Waals surface area contributed by atoms with Crippen LogP contribution in [0, 0.1) is 11.8 Å². The Balaban J connectivity index is 0.846. The molecule has 0 aromatic heterocycles. The lowest BCUT2D eigenvalue weighted by Crippen LogP contribution is -2.61. The van der Waals surface area contributed by atoms with E-state index in [2.05, 4.69) is 25.4 Å². The molecule has 4 N–H and O–H groups in total. The number of ketones is 1. The van der Waals surface area contributed by atoms with Gasteiger partial charge in [-0.25, -0.2) is 4.79 Å². The maximum Gasteiger partial charge on any atom is 0.407 e. The zero-order chi connectivity index (χ0) is 46.7. The summed E-state index contributed by atoms with van der Waals surface area (Å²) in [6.07, 6.45) is 2.17. The first-order valence-corrected chi connectivity index (χ1v) is 25.2. The van der Waals surface area contributed by atoms with Crippen LogP contribution in [0.4, 0.5) is 4.79 Å². The summed E-state index contributed by atoms with van der Waals surface area (Å²) < 4.78 is 81.9. The first-order chi connectivity index (χ1) is 32.5. The second kappa shape index (κ2) is 22.5. The molecule has 0 aliphatic carbocycles. The fourth-order valence-electron chi connectivity index (χ4n) is 12.3. The molecule has 10 rings (SSSR count). The lowest BCUT2D eigenvalue weighted by molar-refractivity contribution is -0.292. The average Bonchev–Trinajstić information content (AvgIpc) is 3.99. The number of hydrogen-bond donors (Lipinski definition) is 3. The largest absolute Gasteiger partial charge is 0.447 e. The summed E-state index contributed by atoms with van der Waals surface area (Å²) in [5.41, 5.74) is 7.51. The van der Waals surface area contributed by atoms with Gasteiger partial charge in [0, 0.05) is 64.6 Å². The van der Waals surface area contributed by atoms with E-state index in [0.29, 0.717) is 65.3 Å². The number of fused-ring (bicyclic) bond motifs is 6. The van der Waals surface area contributed by atoms with E-state index in [1.165, 1.54) is 0 Å². The average molecular weight is 949 g/mol. The van der Waals surface area contributed by atoms with Crippen LogP contribution in [0.25, 0.3) is 0 Å². The smallest absolute Gasteiger partial charge is 0.407 e. The molecule has 10 aliphatic heterocycles. The number of aliphatic hydroxyl groups is 1. The molecule has 1 amide bonds. The molecule has 10 fully saturated rings. The van der Waals surface area contributed by atoms with Crippen LogP contribution in [-0.2, 0) is 66.4 Å². The number of methoxy groups -OCH3 is 1. The van der Waals surface area contributed by atoms with Crippen molar-refractivity contribution >= 4 is 11.9 Å². The van der Waals surface area contributed by atoms with Crippen molar-refractivity contribution in [1.29, 1.82) is 0 Å². The summed E-state index contributed by atoms with van der Waals surface area (Å²) in [6, 6.07) is 0. The fourth-order valence-corrected chi connectivity index (χ4v) is 12.3. The Kier molecular flexibility index (Phi) is 16.7. The van der Waals surface area contributed by atoms with Gasteiger partial charge in [0.05, 0.1) is 107 Å². The van der Waals surface area contributed by atoms with Crippen molar-refractivity contribution in [2.45, 2.75) is 194 Å². The van der Waals surface area contributed by atoms with E-state index >= 15 is 0 Å². The van der Waals surface area contributed by atoms with E-state index in [1.807, 2.05) is 0 Å². The predicted octanol–water partition coefficient (Wildman–Crippen LogP) is 3.21. The molecule has 67 heavy (non-hydrogen) atoms. The van der Waals surface area contributed by atoms with E-state index in [4.69, 9.17) is 67.3 Å². The lowest BCUT2D eigenvalue weighted by atomic mass is 9.81. The molecule has 12 bridgehead atoms. The number of carbonyl (C=O) groups excluding carboxylic acids is 2. The SMILES string of the molecule is C=C1C[C@@H]2CC[C@@]34CC5O[C@H]6[C@@H](O3)[C@H]3OC(CC[C@@H]3O[C@H]6[C@H]5O4)CC(=O)C[C@@H]3[C@@H](OC)[C@@H](C[C@H](O)CNC(=O)OCCOCCOCCOCCN)O[C@H]3CC3O[C@@H](CCC1O2)C[C@@H](C)C3=C. The van der Waals surface area contributed by atoms with Crippen LogP contribution in [0.3, 0.4) is 0 Å². The van der Waals surface area contributed by atoms with Crippen LogP contribution in [0.5, 0.6) is 0 Å². The van der Waals surface area contributed by atoms with Crippen LogP contribution in [0.1, 0.15) is 90.4 Å². The van der Waals surface area contributed by atoms with Gasteiger partial charge in [0.15, 0.2) is 5.79 Å². The Labute approximate surface area is 394 Å². The number of alkyl carbamates (subject to hydrolysis) is 1. The highest BCUT2D eigenvalue weighted by atomic mass is 16.8. The van der Waals surface area contributed by atoms with Gasteiger partial charge in [-0.15, -0.1) is 0 Å². The van der Waals surface area contributed by atoms with Crippen molar-refractivity contribution < 1.29 is 76.3 Å². The number of amides is 1. The summed E-state index contributed by atoms with van der Waals surface area (Å²) in [5.74, 6) is -0.898. The van der Waals surface area contributed by atoms with Gasteiger partial charge >= 0.3 is 6.09 Å². The zero-order valence-corrected chi connectivity index (χ0v) is 39.5. The number of ether oxygens (including phenoxy) is 13. The maximum absolute atomic E-state index is 14.3. The summed E-state index contributed by atoms with van der Waals surface area (Å²) in [5, 5.41) is 13.9. The van der Waals surface area contributed by atoms with E-state index in [1.54, 1.807) is 7.11 Å². The number of aliphatic hydroxyl groups excluding tert-OH is 1. The zero-order valence-electron chi connectivity index (χ0n) is 39.5. The molecule has 10 saturated heterocycles. The van der Waals surface area contributed by atoms with Gasteiger partial charge < -0.3 is 77.7 Å². The van der Waals surface area contributed by atoms with Gasteiger partial charge in [0.1, 0.15) is 42.9 Å². The van der Waals surface area contributed by atoms with Crippen molar-refractivity contribution in [3.8, 4) is 0 Å². The molecule has 0 aromatic rings. The molecular formula is C49H76N2O16. The predicted molar refractivity (Wildman–Crippen MR) is 238 cm³/mol. The Morgan fingerprint density at radius 2 is 1.46 bits per heavy atom. The Hall–Kier alpha value is -2.14. The standard InChI is InChI=1S/C49H76N2O16/c1-27-19-32-5-7-36-28(2)20-34(60-36)9-10-49-25-41-44(66-49)45-46(65-41)47(67-49)43-37(64-45)8-6-33(62-43)21-30(52)22-35-39(24-38(61-32)29(27)3)63-40(42(35)55-4)23-31(53)26-51-48(54)59-18-17-58-16-15-57-14-13-56-12-11-50/h27,31-47,53H,2-3,5-26,50H2,1,4H3,(H,51,54)/t27-,31+,32+,33?,34+,35+,36?,37+,38?,39+,40-,41?,42-,43+,44+,45+,46-,47+,49+/m1/s1. The van der Waals surface area contributed by atoms with Gasteiger partial charge in [-0.05, 0) is 62.0 Å². The third-order valence-electron chi connectivity index (χ3n) is 15.7. The molecule has 19 atom stereocenters. The quantitative estimate of drug-likeness (QED) is 0.150. The number of nitrogens with two attached hydrogens (primary N) is 1. The normalized spacial score (nSPS) is 43.2. The molecule has 378 valence electrons. The summed E-state index contributed by atoms with van der Waals surface area (Å²) in [4.78, 5) is 26.8. The molecule has 10 aliphatic rings. The van der Waals surface area contributed by atoms with Gasteiger partial charge in [-0.2, -0.15) is 0 Å². The topological polar surface area (TPSA) is 212 Å². The number of Topliss-reactive ketones (excluding diaryl/α,β-unsaturated/α-hetero) is 1. The molecule has 0 saturated carbocycles. The minimum absolute atomic E-state index is 0.0139. The van der Waals surface area contributed by atoms with E-state index in [-0.39, 0.29) is 124 Å². The van der Waals surface area contributed by atoms with Crippen molar-refractivity contribution in [3.63, 3.8) is 0 Å². The van der Waals surface area contributed by atoms with E-state index in [9.17, 15) is 14.7 Å². The van der Waals surface area contributed by atoms with Crippen molar-refractivity contribution in [2.24, 2.45) is 17.6 Å². The summed E-state index contributed by atoms with van der Waals surface area (Å²) in [6.45, 7) is 13.9. The molecule has 4 unspecified atom stereocenters. The Bertz CT molecular complexity index is 1710. The Morgan fingerprint density at radius 3 is 2.25 bits per heavy atom. The number of rotatable bonds is 16. The number of hydrogen-bond acceptors (Lipinski definition) is 17. The molecular weight excluding hydrogens is 873 g/mol. The summed E-state index contributed by atoms with van der Waals surface area (Å²) in [7, 11) is 1.62. The molecule has 1 spiro atoms. The van der Waals surface area contributed by atoms with Crippen molar-refractivity contribution in [3.05, 3.63) is 24.3 Å². The molecule has 18 heteroatoms. The number of carbonyl (C=O) groups is 2. The highest BCUT2D eigenvalue weighted by molar-refractivity contribution is 5.79. The van der Waals surface area contributed by atoms with Crippen molar-refractivity contribution in [2.75, 3.05) is 66.4 Å². The van der Waals surface area contributed by atoms with Crippen molar-refractivity contribution in [1.82, 2.24) is 5.32 Å². The second-order valence-corrected chi connectivity index (χ2v) is 20.3. The van der Waals surface area contributed by atoms with E-state index < -0.39 is 42.4 Å². The highest BCUT2D eigenvalue weighted by Crippen LogP contribution is 2.54. The third-order valence-corrected chi connectivity index (χ3v) is 15.7. The van der Waals surface area contributed by atoms with Gasteiger partial charge in [-0.3, -0.25) is 4.79 Å². The van der Waals surface area contributed by atoms with Gasteiger partial charge in [0.2, 0.25) is 0 Å². The van der Waals surface area contributed by atoms with Crippen LogP contribution in [0.2, 0.25) is 0 Å². The van der Waals surface area contributed by atoms with Crippen LogP contribution >= 0.6 is 0 Å². The first kappa shape index (κ1) is 49.8. The minimum atomic E-state index is -0.984. The van der Waals surface area contributed by atoms with Gasteiger partial charge in [0.25, 0.3) is 0 Å². The highest BCUT2D eigenvalue weighted by Gasteiger charge is 2.68. The lowest BCUT2D eigenvalue weighted by Gasteiger charge is -2.47. The third kappa shape index (κ3) is 11.6. The molecule has 10 heterocycles. The maximum atomic E-state index is 14.3. The van der Waals surface area contributed by atoms with E-state index in [0.717, 1.165) is 49.7 Å². The first-order valence-electron chi connectivity index (χ1n) is 25.2. The monoisotopic (exact) mass is 949 g/mol. The minimum Gasteiger partial charge on any atom is -0.447 e. The second-order valence-electron chi connectivity index (χ2n) is 20.3. The van der Waals surface area contributed by atoms with Crippen LogP contribution in [0.15, 0.2) is 24.3 Å². The molecule has 18 nitrogen and oxygen atoms in total. The van der Waals surface area contributed by atoms with Crippen LogP contribution in [-0.4, -0.2) is 187 Å². The fraction of sp³-hybridized carbons (Fsp3) is 0.878. The Morgan fingerprint density at radius 1 is 0.761 bits per heavy atom. The summed E-state index contributed by atoms with van der Waals surface area (Å²) >= 11 is 0. The van der Waals surface area contributed by atoms with Gasteiger partial charge in [-0.1, -0.05) is 20.1 Å².